The summed E-state index contributed by atoms with van der Waals surface area (Å²) in [5.74, 6) is 1.28. The van der Waals surface area contributed by atoms with Crippen LogP contribution in [-0.4, -0.2) is 19.2 Å². The number of methoxy groups -OCH3 is 2. The first-order valence-electron chi connectivity index (χ1n) is 11.5. The van der Waals surface area contributed by atoms with Crippen LogP contribution < -0.4 is 15.1 Å². The van der Waals surface area contributed by atoms with Gasteiger partial charge in [-0.25, -0.2) is 4.79 Å². The molecule has 5 rings (SSSR count). The second-order valence-corrected chi connectivity index (χ2v) is 9.24. The molecule has 1 aliphatic rings. The van der Waals surface area contributed by atoms with E-state index < -0.39 is 5.63 Å². The van der Waals surface area contributed by atoms with E-state index in [1.807, 2.05) is 12.1 Å². The highest BCUT2D eigenvalue weighted by Gasteiger charge is 2.32. The Morgan fingerprint density at radius 2 is 1.79 bits per heavy atom. The van der Waals surface area contributed by atoms with Crippen molar-refractivity contribution in [2.24, 2.45) is 0 Å². The van der Waals surface area contributed by atoms with Crippen LogP contribution in [0, 0.1) is 0 Å². The Hall–Kier alpha value is -3.73. The lowest BCUT2D eigenvalue weighted by molar-refractivity contribution is 0.391. The number of nitrogens with one attached hydrogen (secondary N) is 1. The van der Waals surface area contributed by atoms with Gasteiger partial charge in [0, 0.05) is 34.6 Å². The van der Waals surface area contributed by atoms with Crippen LogP contribution in [0.15, 0.2) is 75.0 Å². The third kappa shape index (κ3) is 3.61. The van der Waals surface area contributed by atoms with Gasteiger partial charge in [0.05, 0.1) is 31.1 Å². The molecule has 0 unspecified atom stereocenters. The van der Waals surface area contributed by atoms with Crippen molar-refractivity contribution >= 4 is 21.9 Å². The van der Waals surface area contributed by atoms with Gasteiger partial charge in [0.25, 0.3) is 0 Å². The first-order valence-corrected chi connectivity index (χ1v) is 11.5. The van der Waals surface area contributed by atoms with Gasteiger partial charge < -0.3 is 18.9 Å². The van der Waals surface area contributed by atoms with Crippen LogP contribution in [0.25, 0.3) is 21.9 Å². The molecule has 2 heterocycles. The van der Waals surface area contributed by atoms with Gasteiger partial charge >= 0.3 is 5.63 Å². The molecule has 174 valence electrons. The van der Waals surface area contributed by atoms with Crippen molar-refractivity contribution in [1.29, 1.82) is 0 Å². The Labute approximate surface area is 198 Å². The van der Waals surface area contributed by atoms with Crippen LogP contribution >= 0.6 is 0 Å². The summed E-state index contributed by atoms with van der Waals surface area (Å²) >= 11 is 0. The highest BCUT2D eigenvalue weighted by Crippen LogP contribution is 2.48. The van der Waals surface area contributed by atoms with Crippen LogP contribution in [0.5, 0.6) is 11.5 Å². The summed E-state index contributed by atoms with van der Waals surface area (Å²) in [5.41, 5.74) is 6.92. The minimum Gasteiger partial charge on any atom is -0.496 e. The third-order valence-corrected chi connectivity index (χ3v) is 6.61. The Morgan fingerprint density at radius 3 is 2.53 bits per heavy atom. The van der Waals surface area contributed by atoms with Gasteiger partial charge in [-0.2, -0.15) is 0 Å². The fraction of sp³-hybridized carbons (Fsp3) is 0.276. The number of fused-ring (bicyclic) bond motifs is 4. The maximum atomic E-state index is 12.3. The largest absolute Gasteiger partial charge is 0.496 e. The molecule has 2 atom stereocenters. The molecule has 0 fully saturated rings. The topological polar surface area (TPSA) is 64.5 Å². The molecule has 5 nitrogen and oxygen atoms in total. The maximum Gasteiger partial charge on any atom is 0.336 e. The highest BCUT2D eigenvalue weighted by molar-refractivity contribution is 5.91. The molecule has 2 aromatic heterocycles. The molecule has 0 radical (unpaired) electrons. The Balaban J connectivity index is 1.90. The smallest absolute Gasteiger partial charge is 0.336 e. The first-order chi connectivity index (χ1) is 16.4. The van der Waals surface area contributed by atoms with E-state index in [1.54, 1.807) is 20.3 Å². The number of hydrogen-bond donors (Lipinski definition) is 1. The molecule has 0 bridgehead atoms. The van der Waals surface area contributed by atoms with Gasteiger partial charge in [-0.05, 0) is 44.9 Å². The van der Waals surface area contributed by atoms with Gasteiger partial charge in [0.1, 0.15) is 17.1 Å². The van der Waals surface area contributed by atoms with Crippen molar-refractivity contribution in [2.45, 2.75) is 39.0 Å². The number of aromatic nitrogens is 1. The zero-order valence-electron chi connectivity index (χ0n) is 20.2. The van der Waals surface area contributed by atoms with Crippen LogP contribution in [0.2, 0.25) is 0 Å². The number of allylic oxidation sites excluding steroid dienone is 4. The molecular weight excluding hydrogens is 426 g/mol. The predicted molar refractivity (Wildman–Crippen MR) is 136 cm³/mol. The standard InChI is InChI=1S/C29H29NO4/c1-16(2)12-18-13-17(3)14-21(28-26(18)19-8-6-7-9-22(19)30-28)27-24(33-5)15-23(32-4)20-10-11-25(31)34-29(20)27/h6-12,14-15,18,21,30H,13H2,1-5H3/t18-,21-/m0/s1. The maximum absolute atomic E-state index is 12.3. The monoisotopic (exact) mass is 455 g/mol. The summed E-state index contributed by atoms with van der Waals surface area (Å²) in [6.45, 7) is 6.45. The lowest BCUT2D eigenvalue weighted by Gasteiger charge is -2.20. The van der Waals surface area contributed by atoms with Crippen molar-refractivity contribution in [3.05, 3.63) is 93.0 Å². The average Bonchev–Trinajstić information content (AvgIpc) is 3.14. The lowest BCUT2D eigenvalue weighted by Crippen LogP contribution is -2.07. The molecule has 0 amide bonds. The third-order valence-electron chi connectivity index (χ3n) is 6.61. The minimum atomic E-state index is -0.405. The molecule has 2 aromatic carbocycles. The van der Waals surface area contributed by atoms with Gasteiger partial charge in [-0.1, -0.05) is 41.5 Å². The molecule has 5 heteroatoms. The highest BCUT2D eigenvalue weighted by atomic mass is 16.5. The summed E-state index contributed by atoms with van der Waals surface area (Å²) in [6.07, 6.45) is 5.53. The summed E-state index contributed by atoms with van der Waals surface area (Å²) in [5, 5.41) is 1.96. The second-order valence-electron chi connectivity index (χ2n) is 9.24. The molecule has 1 N–H and O–H groups in total. The van der Waals surface area contributed by atoms with Crippen LogP contribution in [0.1, 0.15) is 55.8 Å². The molecule has 34 heavy (non-hydrogen) atoms. The average molecular weight is 456 g/mol. The Bertz CT molecular complexity index is 1510. The van der Waals surface area contributed by atoms with E-state index >= 15 is 0 Å². The van der Waals surface area contributed by atoms with Gasteiger partial charge in [-0.15, -0.1) is 0 Å². The fourth-order valence-corrected chi connectivity index (χ4v) is 5.32. The summed E-state index contributed by atoms with van der Waals surface area (Å²) < 4.78 is 17.3. The van der Waals surface area contributed by atoms with Crippen LogP contribution in [-0.2, 0) is 0 Å². The van der Waals surface area contributed by atoms with Crippen LogP contribution in [0.3, 0.4) is 0 Å². The summed E-state index contributed by atoms with van der Waals surface area (Å²) in [4.78, 5) is 16.0. The zero-order valence-corrected chi connectivity index (χ0v) is 20.2. The SMILES string of the molecule is COc1cc(OC)c2ccc(=O)oc2c1[C@@H]1C=C(C)C[C@H](C=C(C)C)c2c1[nH]c1ccccc21. The van der Waals surface area contributed by atoms with Crippen molar-refractivity contribution in [3.8, 4) is 11.5 Å². The molecule has 0 saturated heterocycles. The molecule has 0 spiro atoms. The Kier molecular flexibility index (Phi) is 5.56. The van der Waals surface area contributed by atoms with E-state index in [9.17, 15) is 4.79 Å². The van der Waals surface area contributed by atoms with E-state index in [1.165, 1.54) is 28.2 Å². The molecule has 0 saturated carbocycles. The lowest BCUT2D eigenvalue weighted by atomic mass is 9.87. The molecule has 4 aromatic rings. The normalized spacial score (nSPS) is 17.7. The number of H-pyrrole nitrogens is 1. The quantitative estimate of drug-likeness (QED) is 0.271. The van der Waals surface area contributed by atoms with Crippen molar-refractivity contribution in [3.63, 3.8) is 0 Å². The Morgan fingerprint density at radius 1 is 1.03 bits per heavy atom. The number of hydrogen-bond acceptors (Lipinski definition) is 4. The zero-order chi connectivity index (χ0) is 24.0. The number of ether oxygens (including phenoxy) is 2. The van der Waals surface area contributed by atoms with Gasteiger partial charge in [0.2, 0.25) is 0 Å². The number of para-hydroxylation sites is 1. The van der Waals surface area contributed by atoms with Crippen LogP contribution in [0.4, 0.5) is 0 Å². The number of benzene rings is 2. The van der Waals surface area contributed by atoms with E-state index in [-0.39, 0.29) is 11.8 Å². The van der Waals surface area contributed by atoms with E-state index in [4.69, 9.17) is 13.9 Å². The minimum absolute atomic E-state index is 0.188. The van der Waals surface area contributed by atoms with Gasteiger partial charge in [-0.3, -0.25) is 0 Å². The fourth-order valence-electron chi connectivity index (χ4n) is 5.32. The van der Waals surface area contributed by atoms with Crippen molar-refractivity contribution in [1.82, 2.24) is 4.98 Å². The second kappa shape index (κ2) is 8.56. The van der Waals surface area contributed by atoms with E-state index in [0.717, 1.165) is 28.6 Å². The van der Waals surface area contributed by atoms with E-state index in [2.05, 4.69) is 56.1 Å². The number of aromatic amines is 1. The van der Waals surface area contributed by atoms with E-state index in [0.29, 0.717) is 17.1 Å². The van der Waals surface area contributed by atoms with Crippen molar-refractivity contribution in [2.75, 3.05) is 14.2 Å². The molecule has 1 aliphatic carbocycles. The molecular formula is C29H29NO4. The summed E-state index contributed by atoms with van der Waals surface area (Å²) in [6, 6.07) is 13.5. The number of rotatable bonds is 4. The predicted octanol–water partition coefficient (Wildman–Crippen LogP) is 6.82. The van der Waals surface area contributed by atoms with Crippen molar-refractivity contribution < 1.29 is 13.9 Å². The molecule has 0 aliphatic heterocycles. The first kappa shape index (κ1) is 22.1. The van der Waals surface area contributed by atoms with Gasteiger partial charge in [0.15, 0.2) is 0 Å². The summed E-state index contributed by atoms with van der Waals surface area (Å²) in [7, 11) is 3.24.